The van der Waals surface area contributed by atoms with Gasteiger partial charge < -0.3 is 9.80 Å². The Bertz CT molecular complexity index is 1540. The van der Waals surface area contributed by atoms with Crippen LogP contribution >= 0.6 is 11.6 Å². The van der Waals surface area contributed by atoms with Crippen LogP contribution < -0.4 is 9.21 Å². The van der Waals surface area contributed by atoms with Gasteiger partial charge >= 0.3 is 0 Å². The first-order chi connectivity index (χ1) is 18.8. The topological polar surface area (TPSA) is 60.9 Å². The van der Waals surface area contributed by atoms with Crippen molar-refractivity contribution < 1.29 is 17.6 Å². The summed E-state index contributed by atoms with van der Waals surface area (Å²) in [5, 5.41) is 0.564. The Morgan fingerprint density at radius 1 is 0.795 bits per heavy atom. The smallest absolute Gasteiger partial charge is 0.264 e. The van der Waals surface area contributed by atoms with Crippen LogP contribution in [0, 0.1) is 5.82 Å². The van der Waals surface area contributed by atoms with E-state index in [1.54, 1.807) is 102 Å². The second-order valence-corrected chi connectivity index (χ2v) is 11.5. The number of piperazine rings is 1. The van der Waals surface area contributed by atoms with E-state index >= 15 is 0 Å². The zero-order valence-electron chi connectivity index (χ0n) is 21.1. The lowest BCUT2D eigenvalue weighted by atomic mass is 10.1. The Kier molecular flexibility index (Phi) is 7.86. The lowest BCUT2D eigenvalue weighted by Crippen LogP contribution is -2.49. The van der Waals surface area contributed by atoms with E-state index in [1.165, 1.54) is 10.4 Å². The zero-order valence-corrected chi connectivity index (χ0v) is 22.7. The number of halogens is 2. The summed E-state index contributed by atoms with van der Waals surface area (Å²) < 4.78 is 42.8. The van der Waals surface area contributed by atoms with Gasteiger partial charge in [-0.25, -0.2) is 12.8 Å². The summed E-state index contributed by atoms with van der Waals surface area (Å²) >= 11 is 6.02. The van der Waals surface area contributed by atoms with Crippen LogP contribution in [-0.4, -0.2) is 45.4 Å². The van der Waals surface area contributed by atoms with E-state index in [4.69, 9.17) is 11.6 Å². The molecule has 0 unspecified atom stereocenters. The number of benzene rings is 4. The lowest BCUT2D eigenvalue weighted by molar-refractivity contribution is 0.0746. The molecule has 0 spiro atoms. The van der Waals surface area contributed by atoms with Crippen molar-refractivity contribution in [3.63, 3.8) is 0 Å². The quantitative estimate of drug-likeness (QED) is 0.283. The predicted octanol–water partition coefficient (Wildman–Crippen LogP) is 5.84. The van der Waals surface area contributed by atoms with Crippen molar-refractivity contribution in [1.29, 1.82) is 0 Å². The molecule has 0 N–H and O–H groups in total. The number of para-hydroxylation sites is 1. The second kappa shape index (κ2) is 11.5. The Morgan fingerprint density at radius 3 is 2.05 bits per heavy atom. The van der Waals surface area contributed by atoms with E-state index in [9.17, 15) is 17.6 Å². The van der Waals surface area contributed by atoms with E-state index in [0.717, 1.165) is 5.56 Å². The summed E-state index contributed by atoms with van der Waals surface area (Å²) in [5.74, 6) is -0.425. The monoisotopic (exact) mass is 563 g/mol. The lowest BCUT2D eigenvalue weighted by Gasteiger charge is -2.36. The summed E-state index contributed by atoms with van der Waals surface area (Å²) in [5.41, 5.74) is 2.21. The predicted molar refractivity (Wildman–Crippen MR) is 152 cm³/mol. The molecule has 0 aliphatic carbocycles. The van der Waals surface area contributed by atoms with Gasteiger partial charge in [0.2, 0.25) is 0 Å². The first kappa shape index (κ1) is 26.7. The molecule has 0 saturated carbocycles. The van der Waals surface area contributed by atoms with Crippen LogP contribution in [0.1, 0.15) is 15.9 Å². The largest absolute Gasteiger partial charge is 0.366 e. The number of hydrogen-bond donors (Lipinski definition) is 0. The summed E-state index contributed by atoms with van der Waals surface area (Å²) in [4.78, 5) is 17.1. The van der Waals surface area contributed by atoms with E-state index in [-0.39, 0.29) is 23.2 Å². The molecular formula is C30H27ClFN3O3S. The molecule has 1 aliphatic heterocycles. The Hall–Kier alpha value is -3.88. The number of anilines is 2. The minimum atomic E-state index is -3.88. The molecule has 1 saturated heterocycles. The third-order valence-electron chi connectivity index (χ3n) is 6.73. The fourth-order valence-electron chi connectivity index (χ4n) is 4.60. The molecule has 1 aliphatic rings. The van der Waals surface area contributed by atoms with E-state index < -0.39 is 10.0 Å². The van der Waals surface area contributed by atoms with Crippen molar-refractivity contribution in [2.24, 2.45) is 0 Å². The number of nitrogens with zero attached hydrogens (tertiary/aromatic N) is 3. The van der Waals surface area contributed by atoms with Gasteiger partial charge in [0.05, 0.1) is 22.8 Å². The molecule has 1 fully saturated rings. The average molecular weight is 564 g/mol. The number of rotatable bonds is 7. The normalized spacial score (nSPS) is 13.8. The highest BCUT2D eigenvalue weighted by molar-refractivity contribution is 7.92. The molecule has 0 aromatic heterocycles. The third kappa shape index (κ3) is 5.92. The summed E-state index contributed by atoms with van der Waals surface area (Å²) in [6.45, 7) is 2.06. The van der Waals surface area contributed by atoms with Crippen molar-refractivity contribution in [2.45, 2.75) is 11.4 Å². The summed E-state index contributed by atoms with van der Waals surface area (Å²) in [6, 6.07) is 28.5. The summed E-state index contributed by atoms with van der Waals surface area (Å²) in [6.07, 6.45) is 0. The van der Waals surface area contributed by atoms with Crippen LogP contribution in [0.25, 0.3) is 0 Å². The van der Waals surface area contributed by atoms with Crippen molar-refractivity contribution in [3.05, 3.63) is 125 Å². The zero-order chi connectivity index (χ0) is 27.4. The van der Waals surface area contributed by atoms with Crippen molar-refractivity contribution in [1.82, 2.24) is 4.90 Å². The molecule has 4 aromatic carbocycles. The SMILES string of the molecule is O=C(c1ccc(N(Cc2ccc(Cl)cc2)S(=O)(=O)c2ccccc2)cc1)N1CCN(c2ccccc2F)CC1. The fraction of sp³-hybridized carbons (Fsp3) is 0.167. The minimum Gasteiger partial charge on any atom is -0.366 e. The van der Waals surface area contributed by atoms with Crippen molar-refractivity contribution in [2.75, 3.05) is 35.4 Å². The van der Waals surface area contributed by atoms with Gasteiger partial charge in [-0.3, -0.25) is 9.10 Å². The highest BCUT2D eigenvalue weighted by Gasteiger charge is 2.27. The first-order valence-electron chi connectivity index (χ1n) is 12.5. The maximum Gasteiger partial charge on any atom is 0.264 e. The van der Waals surface area contributed by atoms with Gasteiger partial charge in [0, 0.05) is 36.8 Å². The molecule has 5 rings (SSSR count). The van der Waals surface area contributed by atoms with Gasteiger partial charge in [-0.05, 0) is 66.2 Å². The van der Waals surface area contributed by atoms with Crippen LogP contribution in [0.5, 0.6) is 0 Å². The molecule has 1 heterocycles. The average Bonchev–Trinajstić information content (AvgIpc) is 2.97. The molecule has 4 aromatic rings. The van der Waals surface area contributed by atoms with Crippen molar-refractivity contribution in [3.8, 4) is 0 Å². The van der Waals surface area contributed by atoms with Crippen LogP contribution in [0.2, 0.25) is 5.02 Å². The number of hydrogen-bond acceptors (Lipinski definition) is 4. The number of amides is 1. The first-order valence-corrected chi connectivity index (χ1v) is 14.4. The molecule has 0 bridgehead atoms. The fourth-order valence-corrected chi connectivity index (χ4v) is 6.20. The molecule has 1 amide bonds. The molecule has 39 heavy (non-hydrogen) atoms. The number of sulfonamides is 1. The molecule has 200 valence electrons. The van der Waals surface area contributed by atoms with Crippen LogP contribution in [0.4, 0.5) is 15.8 Å². The van der Waals surface area contributed by atoms with E-state index in [1.807, 2.05) is 4.90 Å². The van der Waals surface area contributed by atoms with Gasteiger partial charge in [0.1, 0.15) is 5.82 Å². The Morgan fingerprint density at radius 2 is 1.41 bits per heavy atom. The van der Waals surface area contributed by atoms with Crippen LogP contribution in [-0.2, 0) is 16.6 Å². The molecule has 0 radical (unpaired) electrons. The van der Waals surface area contributed by atoms with E-state index in [2.05, 4.69) is 0 Å². The maximum absolute atomic E-state index is 14.2. The molecule has 0 atom stereocenters. The second-order valence-electron chi connectivity index (χ2n) is 9.23. The molecule has 6 nitrogen and oxygen atoms in total. The standard InChI is InChI=1S/C30H27ClFN3O3S/c31-25-14-10-23(11-15-25)22-35(39(37,38)27-6-2-1-3-7-27)26-16-12-24(13-17-26)30(36)34-20-18-33(19-21-34)29-9-5-4-8-28(29)32/h1-17H,18-22H2. The Balaban J connectivity index is 1.35. The maximum atomic E-state index is 14.2. The van der Waals surface area contributed by atoms with Gasteiger partial charge in [0.25, 0.3) is 15.9 Å². The third-order valence-corrected chi connectivity index (χ3v) is 8.77. The van der Waals surface area contributed by atoms with E-state index in [0.29, 0.717) is 48.1 Å². The minimum absolute atomic E-state index is 0.0969. The Labute approximate surface area is 232 Å². The van der Waals surface area contributed by atoms with Gasteiger partial charge in [-0.15, -0.1) is 0 Å². The molecular weight excluding hydrogens is 537 g/mol. The van der Waals surface area contributed by atoms with Crippen molar-refractivity contribution >= 4 is 38.9 Å². The van der Waals surface area contributed by atoms with Gasteiger partial charge in [-0.2, -0.15) is 0 Å². The number of carbonyl (C=O) groups is 1. The molecule has 9 heteroatoms. The summed E-state index contributed by atoms with van der Waals surface area (Å²) in [7, 11) is -3.88. The van der Waals surface area contributed by atoms with Gasteiger partial charge in [-0.1, -0.05) is 54.1 Å². The van der Waals surface area contributed by atoms with Crippen LogP contribution in [0.15, 0.2) is 108 Å². The van der Waals surface area contributed by atoms with Gasteiger partial charge in [0.15, 0.2) is 0 Å². The number of carbonyl (C=O) groups excluding carboxylic acids is 1. The van der Waals surface area contributed by atoms with Crippen LogP contribution in [0.3, 0.4) is 0 Å². The highest BCUT2D eigenvalue weighted by atomic mass is 35.5. The highest BCUT2D eigenvalue weighted by Crippen LogP contribution is 2.27.